The fourth-order valence-electron chi connectivity index (χ4n) is 5.10. The number of amides is 5. The number of piperazine rings is 1. The number of imide groups is 1. The summed E-state index contributed by atoms with van der Waals surface area (Å²) in [7, 11) is 0. The smallest absolute Gasteiger partial charge is 0.325 e. The van der Waals surface area contributed by atoms with Gasteiger partial charge in [-0.15, -0.1) is 0 Å². The zero-order chi connectivity index (χ0) is 23.4. The molecule has 1 aromatic rings. The molecule has 0 bridgehead atoms. The van der Waals surface area contributed by atoms with E-state index in [1.54, 1.807) is 9.80 Å². The highest BCUT2D eigenvalue weighted by Gasteiger charge is 2.52. The van der Waals surface area contributed by atoms with Crippen molar-refractivity contribution in [3.05, 3.63) is 35.9 Å². The number of aryl methyl sites for hydroxylation is 1. The summed E-state index contributed by atoms with van der Waals surface area (Å²) >= 11 is 0. The zero-order valence-corrected chi connectivity index (χ0v) is 19.4. The number of nitrogens with one attached hydrogen (secondary N) is 1. The SMILES string of the molecule is CC1CCC2(CC1)NC(=O)N(CC(=O)N1CCN(C(=O)CCCc3ccccc3)CC1)C2=O. The Morgan fingerprint density at radius 2 is 1.58 bits per heavy atom. The minimum atomic E-state index is -0.825. The quantitative estimate of drug-likeness (QED) is 0.667. The summed E-state index contributed by atoms with van der Waals surface area (Å²) in [5.74, 6) is 0.157. The predicted octanol–water partition coefficient (Wildman–Crippen LogP) is 2.18. The van der Waals surface area contributed by atoms with E-state index in [0.29, 0.717) is 51.4 Å². The van der Waals surface area contributed by atoms with Crippen molar-refractivity contribution in [3.63, 3.8) is 0 Å². The summed E-state index contributed by atoms with van der Waals surface area (Å²) < 4.78 is 0. The van der Waals surface area contributed by atoms with Crippen molar-refractivity contribution < 1.29 is 19.2 Å². The Bertz CT molecular complexity index is 887. The van der Waals surface area contributed by atoms with Crippen molar-refractivity contribution in [2.75, 3.05) is 32.7 Å². The lowest BCUT2D eigenvalue weighted by atomic mass is 9.77. The molecular formula is C25H34N4O4. The minimum Gasteiger partial charge on any atom is -0.339 e. The van der Waals surface area contributed by atoms with Gasteiger partial charge in [0.05, 0.1) is 0 Å². The Hall–Kier alpha value is -2.90. The van der Waals surface area contributed by atoms with Crippen LogP contribution in [-0.2, 0) is 20.8 Å². The van der Waals surface area contributed by atoms with Crippen LogP contribution in [0.15, 0.2) is 30.3 Å². The van der Waals surface area contributed by atoms with E-state index in [1.165, 1.54) is 5.56 Å². The number of benzene rings is 1. The maximum Gasteiger partial charge on any atom is 0.325 e. The molecule has 8 nitrogen and oxygen atoms in total. The summed E-state index contributed by atoms with van der Waals surface area (Å²) in [5.41, 5.74) is 0.403. The molecule has 3 aliphatic rings. The molecule has 33 heavy (non-hydrogen) atoms. The number of rotatable bonds is 6. The third kappa shape index (κ3) is 5.20. The van der Waals surface area contributed by atoms with E-state index in [4.69, 9.17) is 0 Å². The monoisotopic (exact) mass is 454 g/mol. The van der Waals surface area contributed by atoms with Crippen LogP contribution in [0, 0.1) is 5.92 Å². The number of hydrogen-bond donors (Lipinski definition) is 1. The van der Waals surface area contributed by atoms with Crippen LogP contribution >= 0.6 is 0 Å². The second-order valence-electron chi connectivity index (χ2n) is 9.69. The second-order valence-corrected chi connectivity index (χ2v) is 9.69. The van der Waals surface area contributed by atoms with Crippen LogP contribution in [0.3, 0.4) is 0 Å². The molecular weight excluding hydrogens is 420 g/mol. The lowest BCUT2D eigenvalue weighted by molar-refractivity contribution is -0.142. The van der Waals surface area contributed by atoms with E-state index in [0.717, 1.165) is 30.6 Å². The predicted molar refractivity (Wildman–Crippen MR) is 123 cm³/mol. The number of urea groups is 1. The van der Waals surface area contributed by atoms with Crippen molar-refractivity contribution >= 4 is 23.8 Å². The third-order valence-electron chi connectivity index (χ3n) is 7.35. The molecule has 1 aliphatic carbocycles. The van der Waals surface area contributed by atoms with Crippen molar-refractivity contribution in [1.29, 1.82) is 0 Å². The summed E-state index contributed by atoms with van der Waals surface area (Å²) in [6.45, 7) is 3.75. The summed E-state index contributed by atoms with van der Waals surface area (Å²) in [5, 5.41) is 2.87. The van der Waals surface area contributed by atoms with Gasteiger partial charge in [-0.3, -0.25) is 19.3 Å². The fraction of sp³-hybridized carbons (Fsp3) is 0.600. The molecule has 8 heteroatoms. The first-order valence-electron chi connectivity index (χ1n) is 12.1. The summed E-state index contributed by atoms with van der Waals surface area (Å²) in [6, 6.07) is 9.66. The molecule has 0 unspecified atom stereocenters. The Kier molecular flexibility index (Phi) is 7.00. The van der Waals surface area contributed by atoms with Crippen LogP contribution in [0.25, 0.3) is 0 Å². The molecule has 1 N–H and O–H groups in total. The highest BCUT2D eigenvalue weighted by molar-refractivity contribution is 6.09. The molecule has 0 aromatic heterocycles. The van der Waals surface area contributed by atoms with E-state index >= 15 is 0 Å². The van der Waals surface area contributed by atoms with Gasteiger partial charge >= 0.3 is 6.03 Å². The molecule has 4 rings (SSSR count). The van der Waals surface area contributed by atoms with Gasteiger partial charge in [-0.05, 0) is 50.0 Å². The normalized spacial score (nSPS) is 25.5. The summed E-state index contributed by atoms with van der Waals surface area (Å²) in [4.78, 5) is 55.4. The lowest BCUT2D eigenvalue weighted by Crippen LogP contribution is -2.53. The van der Waals surface area contributed by atoms with E-state index in [-0.39, 0.29) is 24.3 Å². The van der Waals surface area contributed by atoms with Crippen molar-refractivity contribution in [3.8, 4) is 0 Å². The topological polar surface area (TPSA) is 90.0 Å². The van der Waals surface area contributed by atoms with Crippen molar-refractivity contribution in [1.82, 2.24) is 20.0 Å². The van der Waals surface area contributed by atoms with Gasteiger partial charge in [0.25, 0.3) is 5.91 Å². The average molecular weight is 455 g/mol. The Morgan fingerprint density at radius 3 is 2.21 bits per heavy atom. The molecule has 178 valence electrons. The molecule has 2 saturated heterocycles. The number of hydrogen-bond acceptors (Lipinski definition) is 4. The van der Waals surface area contributed by atoms with Gasteiger partial charge in [0.2, 0.25) is 11.8 Å². The van der Waals surface area contributed by atoms with Crippen LogP contribution < -0.4 is 5.32 Å². The zero-order valence-electron chi connectivity index (χ0n) is 19.4. The molecule has 1 saturated carbocycles. The van der Waals surface area contributed by atoms with Gasteiger partial charge in [0.1, 0.15) is 12.1 Å². The molecule has 0 atom stereocenters. The first kappa shape index (κ1) is 23.3. The van der Waals surface area contributed by atoms with Gasteiger partial charge in [-0.2, -0.15) is 0 Å². The van der Waals surface area contributed by atoms with Crippen LogP contribution in [-0.4, -0.2) is 76.7 Å². The molecule has 1 spiro atoms. The number of carbonyl (C=O) groups is 4. The van der Waals surface area contributed by atoms with Gasteiger partial charge < -0.3 is 15.1 Å². The van der Waals surface area contributed by atoms with Crippen molar-refractivity contribution in [2.45, 2.75) is 57.4 Å². The van der Waals surface area contributed by atoms with E-state index in [1.807, 2.05) is 18.2 Å². The Morgan fingerprint density at radius 1 is 0.970 bits per heavy atom. The first-order valence-corrected chi connectivity index (χ1v) is 12.1. The average Bonchev–Trinajstić information content (AvgIpc) is 3.05. The molecule has 5 amide bonds. The molecule has 3 fully saturated rings. The van der Waals surface area contributed by atoms with Gasteiger partial charge in [-0.1, -0.05) is 37.3 Å². The molecule has 2 heterocycles. The Balaban J connectivity index is 1.22. The third-order valence-corrected chi connectivity index (χ3v) is 7.35. The van der Waals surface area contributed by atoms with Gasteiger partial charge in [0, 0.05) is 32.6 Å². The van der Waals surface area contributed by atoms with E-state index in [9.17, 15) is 19.2 Å². The van der Waals surface area contributed by atoms with Crippen LogP contribution in [0.5, 0.6) is 0 Å². The second kappa shape index (κ2) is 9.93. The molecule has 1 aromatic carbocycles. The van der Waals surface area contributed by atoms with E-state index < -0.39 is 11.6 Å². The largest absolute Gasteiger partial charge is 0.339 e. The standard InChI is InChI=1S/C25H34N4O4/c1-19-10-12-25(13-11-19)23(32)29(24(33)26-25)18-22(31)28-16-14-27(15-17-28)21(30)9-5-8-20-6-3-2-4-7-20/h2-4,6-7,19H,5,8-18H2,1H3,(H,26,33). The first-order chi connectivity index (χ1) is 15.9. The van der Waals surface area contributed by atoms with Gasteiger partial charge in [-0.25, -0.2) is 4.79 Å². The Labute approximate surface area is 195 Å². The highest BCUT2D eigenvalue weighted by Crippen LogP contribution is 2.36. The lowest BCUT2D eigenvalue weighted by Gasteiger charge is -2.35. The van der Waals surface area contributed by atoms with Crippen molar-refractivity contribution in [2.24, 2.45) is 5.92 Å². The van der Waals surface area contributed by atoms with Crippen LogP contribution in [0.1, 0.15) is 51.0 Å². The van der Waals surface area contributed by atoms with Crippen LogP contribution in [0.2, 0.25) is 0 Å². The highest BCUT2D eigenvalue weighted by atomic mass is 16.2. The van der Waals surface area contributed by atoms with Gasteiger partial charge in [0.15, 0.2) is 0 Å². The fourth-order valence-corrected chi connectivity index (χ4v) is 5.10. The molecule has 2 aliphatic heterocycles. The minimum absolute atomic E-state index is 0.112. The summed E-state index contributed by atoms with van der Waals surface area (Å²) in [6.07, 6.45) is 5.23. The maximum atomic E-state index is 13.0. The number of nitrogens with zero attached hydrogens (tertiary/aromatic N) is 3. The van der Waals surface area contributed by atoms with Crippen LogP contribution in [0.4, 0.5) is 4.79 Å². The number of carbonyl (C=O) groups excluding carboxylic acids is 4. The maximum absolute atomic E-state index is 13.0. The molecule has 0 radical (unpaired) electrons. The van der Waals surface area contributed by atoms with E-state index in [2.05, 4.69) is 24.4 Å².